The van der Waals surface area contributed by atoms with Crippen molar-refractivity contribution in [1.29, 1.82) is 0 Å². The Morgan fingerprint density at radius 3 is 2.76 bits per heavy atom. The zero-order valence-electron chi connectivity index (χ0n) is 17.8. The molecule has 0 aliphatic heterocycles. The number of benzene rings is 2. The van der Waals surface area contributed by atoms with Gasteiger partial charge in [0.15, 0.2) is 12.1 Å². The van der Waals surface area contributed by atoms with Crippen molar-refractivity contribution in [3.05, 3.63) is 85.1 Å². The lowest BCUT2D eigenvalue weighted by Crippen LogP contribution is -2.09. The van der Waals surface area contributed by atoms with Crippen LogP contribution in [0.25, 0.3) is 33.2 Å². The first kappa shape index (κ1) is 19.8. The minimum atomic E-state index is -0.903. The molecule has 1 unspecified atom stereocenters. The van der Waals surface area contributed by atoms with Crippen LogP contribution >= 0.6 is 0 Å². The van der Waals surface area contributed by atoms with Crippen molar-refractivity contribution in [2.24, 2.45) is 0 Å². The van der Waals surface area contributed by atoms with Crippen LogP contribution in [0.5, 0.6) is 0 Å². The average Bonchev–Trinajstić information content (AvgIpc) is 3.51. The van der Waals surface area contributed by atoms with Crippen LogP contribution in [0.1, 0.15) is 11.8 Å². The average molecular weight is 449 g/mol. The van der Waals surface area contributed by atoms with Gasteiger partial charge in [0, 0.05) is 45.5 Å². The number of rotatable bonds is 6. The first-order chi connectivity index (χ1) is 16.7. The van der Waals surface area contributed by atoms with Crippen molar-refractivity contribution in [3.63, 3.8) is 0 Å². The summed E-state index contributed by atoms with van der Waals surface area (Å²) >= 11 is 0. The van der Waals surface area contributed by atoms with E-state index in [1.165, 1.54) is 0 Å². The highest BCUT2D eigenvalue weighted by atomic mass is 16.3. The van der Waals surface area contributed by atoms with E-state index in [2.05, 4.69) is 46.0 Å². The van der Waals surface area contributed by atoms with Crippen molar-refractivity contribution < 1.29 is 5.11 Å². The number of aromatic amines is 2. The Kier molecular flexibility index (Phi) is 4.82. The molecule has 5 N–H and O–H groups in total. The number of anilines is 3. The third-order valence-electron chi connectivity index (χ3n) is 5.52. The molecule has 0 saturated carbocycles. The van der Waals surface area contributed by atoms with Crippen LogP contribution < -0.4 is 10.6 Å². The second-order valence-corrected chi connectivity index (χ2v) is 7.74. The predicted octanol–water partition coefficient (Wildman–Crippen LogP) is 4.14. The van der Waals surface area contributed by atoms with Crippen LogP contribution in [0, 0.1) is 0 Å². The van der Waals surface area contributed by atoms with Gasteiger partial charge in [-0.25, -0.2) is 9.97 Å². The molecule has 6 rings (SSSR count). The Bertz CT molecular complexity index is 1590. The number of nitrogens with one attached hydrogen (secondary N) is 4. The van der Waals surface area contributed by atoms with Crippen LogP contribution in [0.2, 0.25) is 0 Å². The van der Waals surface area contributed by atoms with Crippen LogP contribution in [0.3, 0.4) is 0 Å². The van der Waals surface area contributed by atoms with E-state index in [1.54, 1.807) is 37.1 Å². The molecule has 0 amide bonds. The molecular weight excluding hydrogens is 430 g/mol. The van der Waals surface area contributed by atoms with E-state index in [0.29, 0.717) is 17.3 Å². The molecule has 0 bridgehead atoms. The van der Waals surface area contributed by atoms with Gasteiger partial charge in [-0.1, -0.05) is 12.1 Å². The summed E-state index contributed by atoms with van der Waals surface area (Å²) in [5, 5.41) is 33.5. The molecule has 0 saturated heterocycles. The molecule has 166 valence electrons. The maximum atomic E-state index is 10.7. The minimum absolute atomic E-state index is 0.592. The Morgan fingerprint density at radius 1 is 0.882 bits per heavy atom. The van der Waals surface area contributed by atoms with E-state index < -0.39 is 6.23 Å². The van der Waals surface area contributed by atoms with Crippen LogP contribution in [0.15, 0.2) is 79.5 Å². The number of fused-ring (bicyclic) bond motifs is 2. The summed E-state index contributed by atoms with van der Waals surface area (Å²) in [6.07, 6.45) is 7.51. The van der Waals surface area contributed by atoms with Gasteiger partial charge in [-0.3, -0.25) is 5.10 Å². The number of hydrogen-bond donors (Lipinski definition) is 5. The normalized spacial score (nSPS) is 12.1. The highest BCUT2D eigenvalue weighted by molar-refractivity contribution is 5.87. The first-order valence-corrected chi connectivity index (χ1v) is 10.6. The van der Waals surface area contributed by atoms with Crippen molar-refractivity contribution in [1.82, 2.24) is 35.3 Å². The second-order valence-electron chi connectivity index (χ2n) is 7.74. The van der Waals surface area contributed by atoms with E-state index in [0.717, 1.165) is 38.6 Å². The van der Waals surface area contributed by atoms with Gasteiger partial charge in [0.25, 0.3) is 0 Å². The highest BCUT2D eigenvalue weighted by Crippen LogP contribution is 2.29. The monoisotopic (exact) mass is 449 g/mol. The predicted molar refractivity (Wildman–Crippen MR) is 129 cm³/mol. The number of hydrogen-bond acceptors (Lipinski definition) is 8. The van der Waals surface area contributed by atoms with E-state index in [4.69, 9.17) is 0 Å². The van der Waals surface area contributed by atoms with Crippen molar-refractivity contribution in [3.8, 4) is 11.4 Å². The summed E-state index contributed by atoms with van der Waals surface area (Å²) in [5.74, 6) is 1.28. The molecule has 10 heteroatoms. The Balaban J connectivity index is 1.25. The molecule has 6 aromatic rings. The number of H-pyrrole nitrogens is 2. The van der Waals surface area contributed by atoms with Crippen LogP contribution in [-0.4, -0.2) is 40.5 Å². The molecule has 0 aliphatic rings. The number of nitrogens with zero attached hydrogens (tertiary/aromatic N) is 5. The Hall–Kier alpha value is -4.83. The smallest absolute Gasteiger partial charge is 0.161 e. The molecule has 34 heavy (non-hydrogen) atoms. The van der Waals surface area contributed by atoms with Gasteiger partial charge in [0.05, 0.1) is 29.8 Å². The fraction of sp³-hybridized carbons (Fsp3) is 0.0417. The van der Waals surface area contributed by atoms with Gasteiger partial charge in [-0.05, 0) is 36.4 Å². The molecule has 0 spiro atoms. The van der Waals surface area contributed by atoms with Gasteiger partial charge in [-0.2, -0.15) is 15.3 Å². The van der Waals surface area contributed by atoms with Crippen molar-refractivity contribution in [2.75, 3.05) is 10.6 Å². The van der Waals surface area contributed by atoms with Gasteiger partial charge in [0.2, 0.25) is 0 Å². The van der Waals surface area contributed by atoms with Crippen molar-refractivity contribution in [2.45, 2.75) is 6.23 Å². The maximum Gasteiger partial charge on any atom is 0.161 e. The maximum absolute atomic E-state index is 10.7. The number of aliphatic hydroxyl groups excluding tert-OH is 1. The van der Waals surface area contributed by atoms with Crippen LogP contribution in [-0.2, 0) is 0 Å². The lowest BCUT2D eigenvalue weighted by Gasteiger charge is -2.13. The second kappa shape index (κ2) is 8.26. The molecule has 0 aliphatic carbocycles. The lowest BCUT2D eigenvalue weighted by molar-refractivity contribution is 0.210. The van der Waals surface area contributed by atoms with Crippen molar-refractivity contribution >= 4 is 39.0 Å². The van der Waals surface area contributed by atoms with Crippen LogP contribution in [0.4, 0.5) is 17.2 Å². The molecule has 4 aromatic heterocycles. The standard InChI is InChI=1S/C24H19N9O/c34-24(31-17-5-8-27-28-12-17)19-13-26-21-10-14(1-3-18(19)21)23-25-7-6-22(32-23)30-16-2-4-20-15(9-16)11-29-33-20/h1-13,24,26,34H,(H,27,31)(H,29,33)(H,25,30,32). The summed E-state index contributed by atoms with van der Waals surface area (Å²) in [6, 6.07) is 15.4. The van der Waals surface area contributed by atoms with E-state index >= 15 is 0 Å². The SMILES string of the molecule is OC(Nc1ccnnc1)c1c[nH]c2cc(-c3nccc(Nc4ccc5[nH]ncc5c4)n3)ccc12. The van der Waals surface area contributed by atoms with Gasteiger partial charge in [-0.15, -0.1) is 0 Å². The summed E-state index contributed by atoms with van der Waals surface area (Å²) in [4.78, 5) is 12.3. The van der Waals surface area contributed by atoms with E-state index in [9.17, 15) is 5.11 Å². The highest BCUT2D eigenvalue weighted by Gasteiger charge is 2.14. The minimum Gasteiger partial charge on any atom is -0.369 e. The van der Waals surface area contributed by atoms with Gasteiger partial charge >= 0.3 is 0 Å². The van der Waals surface area contributed by atoms with E-state index in [-0.39, 0.29) is 0 Å². The zero-order valence-corrected chi connectivity index (χ0v) is 17.8. The fourth-order valence-corrected chi connectivity index (χ4v) is 3.86. The summed E-state index contributed by atoms with van der Waals surface area (Å²) < 4.78 is 0. The molecule has 0 radical (unpaired) electrons. The lowest BCUT2D eigenvalue weighted by atomic mass is 10.1. The Labute approximate surface area is 193 Å². The zero-order chi connectivity index (χ0) is 22.9. The van der Waals surface area contributed by atoms with Gasteiger partial charge in [0.1, 0.15) is 5.82 Å². The van der Waals surface area contributed by atoms with E-state index in [1.807, 2.05) is 42.5 Å². The molecule has 1 atom stereocenters. The quantitative estimate of drug-likeness (QED) is 0.239. The summed E-state index contributed by atoms with van der Waals surface area (Å²) in [5.41, 5.74) is 5.02. The largest absolute Gasteiger partial charge is 0.369 e. The van der Waals surface area contributed by atoms with Gasteiger partial charge < -0.3 is 20.7 Å². The summed E-state index contributed by atoms with van der Waals surface area (Å²) in [6.45, 7) is 0. The first-order valence-electron chi connectivity index (χ1n) is 10.6. The fourth-order valence-electron chi connectivity index (χ4n) is 3.86. The number of aromatic nitrogens is 7. The molecule has 0 fully saturated rings. The third-order valence-corrected chi connectivity index (χ3v) is 5.52. The molecule has 4 heterocycles. The molecular formula is C24H19N9O. The Morgan fingerprint density at radius 2 is 1.85 bits per heavy atom. The summed E-state index contributed by atoms with van der Waals surface area (Å²) in [7, 11) is 0. The number of aliphatic hydroxyl groups is 1. The molecule has 2 aromatic carbocycles. The molecule has 10 nitrogen and oxygen atoms in total. The topological polar surface area (TPSA) is 140 Å². The third kappa shape index (κ3) is 3.78.